The zero-order valence-corrected chi connectivity index (χ0v) is 11.3. The van der Waals surface area contributed by atoms with Crippen molar-refractivity contribution in [3.63, 3.8) is 0 Å². The SMILES string of the molecule is O=C1OCC[C@H]1N1CCN(C(=O)c2ccccc2)CC1. The highest BCUT2D eigenvalue weighted by molar-refractivity contribution is 5.94. The molecule has 106 valence electrons. The van der Waals surface area contributed by atoms with Crippen molar-refractivity contribution in [3.8, 4) is 0 Å². The zero-order valence-electron chi connectivity index (χ0n) is 11.3. The van der Waals surface area contributed by atoms with Gasteiger partial charge in [0.05, 0.1) is 6.61 Å². The molecular weight excluding hydrogens is 256 g/mol. The number of rotatable bonds is 2. The van der Waals surface area contributed by atoms with Crippen molar-refractivity contribution in [3.05, 3.63) is 35.9 Å². The molecule has 5 nitrogen and oxygen atoms in total. The van der Waals surface area contributed by atoms with Crippen LogP contribution < -0.4 is 0 Å². The molecule has 20 heavy (non-hydrogen) atoms. The van der Waals surface area contributed by atoms with Gasteiger partial charge in [-0.15, -0.1) is 0 Å². The van der Waals surface area contributed by atoms with Gasteiger partial charge in [-0.3, -0.25) is 14.5 Å². The molecule has 2 fully saturated rings. The number of cyclic esters (lactones) is 1. The minimum atomic E-state index is -0.118. The Morgan fingerprint density at radius 2 is 1.80 bits per heavy atom. The summed E-state index contributed by atoms with van der Waals surface area (Å²) in [5, 5.41) is 0. The Balaban J connectivity index is 1.58. The van der Waals surface area contributed by atoms with Gasteiger partial charge in [-0.1, -0.05) is 18.2 Å². The van der Waals surface area contributed by atoms with E-state index >= 15 is 0 Å². The molecular formula is C15H18N2O3. The molecule has 1 atom stereocenters. The van der Waals surface area contributed by atoms with Crippen LogP contribution in [0.1, 0.15) is 16.8 Å². The van der Waals surface area contributed by atoms with E-state index in [2.05, 4.69) is 4.90 Å². The van der Waals surface area contributed by atoms with Crippen molar-refractivity contribution in [1.29, 1.82) is 0 Å². The number of carbonyl (C=O) groups excluding carboxylic acids is 2. The first-order valence-corrected chi connectivity index (χ1v) is 7.01. The molecule has 3 rings (SSSR count). The molecule has 2 saturated heterocycles. The second kappa shape index (κ2) is 5.63. The van der Waals surface area contributed by atoms with Gasteiger partial charge in [0, 0.05) is 38.2 Å². The third kappa shape index (κ3) is 2.54. The first-order chi connectivity index (χ1) is 9.75. The molecule has 0 saturated carbocycles. The Kier molecular flexibility index (Phi) is 3.69. The number of hydrogen-bond acceptors (Lipinski definition) is 4. The lowest BCUT2D eigenvalue weighted by molar-refractivity contribution is -0.142. The minimum Gasteiger partial charge on any atom is -0.464 e. The molecule has 2 heterocycles. The average Bonchev–Trinajstić information content (AvgIpc) is 2.94. The molecule has 5 heteroatoms. The maximum Gasteiger partial charge on any atom is 0.323 e. The zero-order chi connectivity index (χ0) is 13.9. The largest absolute Gasteiger partial charge is 0.464 e. The van der Waals surface area contributed by atoms with E-state index in [1.165, 1.54) is 0 Å². The predicted molar refractivity (Wildman–Crippen MR) is 73.3 cm³/mol. The van der Waals surface area contributed by atoms with Crippen LogP contribution in [0.15, 0.2) is 30.3 Å². The maximum atomic E-state index is 12.3. The van der Waals surface area contributed by atoms with E-state index in [1.54, 1.807) is 0 Å². The normalized spacial score (nSPS) is 23.7. The summed E-state index contributed by atoms with van der Waals surface area (Å²) >= 11 is 0. The average molecular weight is 274 g/mol. The number of amides is 1. The highest BCUT2D eigenvalue weighted by atomic mass is 16.5. The van der Waals surface area contributed by atoms with Crippen molar-refractivity contribution in [2.75, 3.05) is 32.8 Å². The number of nitrogens with zero attached hydrogens (tertiary/aromatic N) is 2. The lowest BCUT2D eigenvalue weighted by Gasteiger charge is -2.36. The number of piperazine rings is 1. The number of carbonyl (C=O) groups is 2. The van der Waals surface area contributed by atoms with Gasteiger partial charge in [0.15, 0.2) is 0 Å². The van der Waals surface area contributed by atoms with Crippen molar-refractivity contribution < 1.29 is 14.3 Å². The maximum absolute atomic E-state index is 12.3. The van der Waals surface area contributed by atoms with Gasteiger partial charge in [-0.25, -0.2) is 0 Å². The second-order valence-electron chi connectivity index (χ2n) is 5.17. The topological polar surface area (TPSA) is 49.9 Å². The fourth-order valence-corrected chi connectivity index (χ4v) is 2.82. The van der Waals surface area contributed by atoms with Crippen LogP contribution in [-0.4, -0.2) is 60.5 Å². The van der Waals surface area contributed by atoms with E-state index < -0.39 is 0 Å². The third-order valence-electron chi connectivity index (χ3n) is 3.97. The monoisotopic (exact) mass is 274 g/mol. The summed E-state index contributed by atoms with van der Waals surface area (Å²) in [6, 6.07) is 9.21. The first-order valence-electron chi connectivity index (χ1n) is 7.01. The Bertz CT molecular complexity index is 495. The molecule has 1 amide bonds. The van der Waals surface area contributed by atoms with Gasteiger partial charge >= 0.3 is 5.97 Å². The Labute approximate surface area is 118 Å². The Morgan fingerprint density at radius 3 is 2.40 bits per heavy atom. The standard InChI is InChI=1S/C15H18N2O3/c18-14(12-4-2-1-3-5-12)17-9-7-16(8-10-17)13-6-11-20-15(13)19/h1-5,13H,6-11H2/t13-/m1/s1. The second-order valence-corrected chi connectivity index (χ2v) is 5.17. The van der Waals surface area contributed by atoms with E-state index in [1.807, 2.05) is 35.2 Å². The van der Waals surface area contributed by atoms with E-state index in [9.17, 15) is 9.59 Å². The molecule has 1 aromatic rings. The van der Waals surface area contributed by atoms with Crippen molar-refractivity contribution in [2.45, 2.75) is 12.5 Å². The highest BCUT2D eigenvalue weighted by Gasteiger charge is 2.34. The Hall–Kier alpha value is -1.88. The van der Waals surface area contributed by atoms with Crippen LogP contribution in [0.25, 0.3) is 0 Å². The summed E-state index contributed by atoms with van der Waals surface area (Å²) in [5.74, 6) is -0.0490. The van der Waals surface area contributed by atoms with Crippen LogP contribution in [0.5, 0.6) is 0 Å². The molecule has 0 radical (unpaired) electrons. The van der Waals surface area contributed by atoms with Gasteiger partial charge in [-0.05, 0) is 12.1 Å². The van der Waals surface area contributed by atoms with Crippen LogP contribution in [-0.2, 0) is 9.53 Å². The van der Waals surface area contributed by atoms with Crippen LogP contribution in [0.3, 0.4) is 0 Å². The smallest absolute Gasteiger partial charge is 0.323 e. The van der Waals surface area contributed by atoms with Crippen molar-refractivity contribution in [1.82, 2.24) is 9.80 Å². The molecule has 0 N–H and O–H groups in total. The van der Waals surface area contributed by atoms with Gasteiger partial charge in [0.1, 0.15) is 6.04 Å². The van der Waals surface area contributed by atoms with Crippen LogP contribution in [0, 0.1) is 0 Å². The fraction of sp³-hybridized carbons (Fsp3) is 0.467. The molecule has 0 aromatic heterocycles. The third-order valence-corrected chi connectivity index (χ3v) is 3.97. The van der Waals surface area contributed by atoms with Gasteiger partial charge in [0.25, 0.3) is 5.91 Å². The quantitative estimate of drug-likeness (QED) is 0.747. The van der Waals surface area contributed by atoms with Crippen LogP contribution in [0.2, 0.25) is 0 Å². The Morgan fingerprint density at radius 1 is 1.10 bits per heavy atom. The number of hydrogen-bond donors (Lipinski definition) is 0. The van der Waals surface area contributed by atoms with E-state index in [-0.39, 0.29) is 17.9 Å². The molecule has 0 unspecified atom stereocenters. The van der Waals surface area contributed by atoms with Crippen LogP contribution in [0.4, 0.5) is 0 Å². The first kappa shape index (κ1) is 13.1. The molecule has 2 aliphatic rings. The van der Waals surface area contributed by atoms with Crippen molar-refractivity contribution in [2.24, 2.45) is 0 Å². The summed E-state index contributed by atoms with van der Waals surface area (Å²) in [7, 11) is 0. The van der Waals surface area contributed by atoms with Gasteiger partial charge in [-0.2, -0.15) is 0 Å². The molecule has 0 spiro atoms. The van der Waals surface area contributed by atoms with Crippen molar-refractivity contribution >= 4 is 11.9 Å². The summed E-state index contributed by atoms with van der Waals surface area (Å²) in [5.41, 5.74) is 0.723. The summed E-state index contributed by atoms with van der Waals surface area (Å²) in [6.45, 7) is 3.32. The number of benzene rings is 1. The minimum absolute atomic E-state index is 0.0687. The summed E-state index contributed by atoms with van der Waals surface area (Å²) in [4.78, 5) is 27.9. The highest BCUT2D eigenvalue weighted by Crippen LogP contribution is 2.17. The molecule has 2 aliphatic heterocycles. The van der Waals surface area contributed by atoms with Gasteiger partial charge in [0.2, 0.25) is 0 Å². The van der Waals surface area contributed by atoms with E-state index in [0.29, 0.717) is 19.7 Å². The number of esters is 1. The molecule has 1 aromatic carbocycles. The van der Waals surface area contributed by atoms with Crippen LogP contribution >= 0.6 is 0 Å². The summed E-state index contributed by atoms with van der Waals surface area (Å²) in [6.07, 6.45) is 0.769. The van der Waals surface area contributed by atoms with E-state index in [0.717, 1.165) is 25.1 Å². The predicted octanol–water partition coefficient (Wildman–Crippen LogP) is 0.760. The lowest BCUT2D eigenvalue weighted by atomic mass is 10.1. The molecule has 0 bridgehead atoms. The summed E-state index contributed by atoms with van der Waals surface area (Å²) < 4.78 is 5.00. The lowest BCUT2D eigenvalue weighted by Crippen LogP contribution is -2.53. The van der Waals surface area contributed by atoms with E-state index in [4.69, 9.17) is 4.74 Å². The number of ether oxygens (including phenoxy) is 1. The van der Waals surface area contributed by atoms with Gasteiger partial charge < -0.3 is 9.64 Å². The molecule has 0 aliphatic carbocycles. The fourth-order valence-electron chi connectivity index (χ4n) is 2.82.